The smallest absolute Gasteiger partial charge is 0.240 e. The summed E-state index contributed by atoms with van der Waals surface area (Å²) in [6, 6.07) is 16.2. The van der Waals surface area contributed by atoms with Crippen LogP contribution in [0, 0.1) is 6.92 Å². The molecule has 0 unspecified atom stereocenters. The van der Waals surface area contributed by atoms with Crippen LogP contribution in [-0.4, -0.2) is 29.0 Å². The zero-order valence-electron chi connectivity index (χ0n) is 15.6. The molecule has 4 rings (SSSR count). The largest absolute Gasteiger partial charge is 0.349 e. The van der Waals surface area contributed by atoms with Gasteiger partial charge in [0.1, 0.15) is 6.54 Å². The van der Waals surface area contributed by atoms with Crippen molar-refractivity contribution in [2.45, 2.75) is 25.9 Å². The van der Waals surface area contributed by atoms with Gasteiger partial charge in [0.15, 0.2) is 5.43 Å². The van der Waals surface area contributed by atoms with Crippen LogP contribution in [0.3, 0.4) is 0 Å². The van der Waals surface area contributed by atoms with E-state index >= 15 is 0 Å². The number of aryl methyl sites for hydroxylation is 1. The molecule has 1 aliphatic heterocycles. The molecular weight excluding hydrogens is 354 g/mol. The first-order valence-corrected chi connectivity index (χ1v) is 9.26. The number of pyridine rings is 1. The average Bonchev–Trinajstić information content (AvgIpc) is 3.04. The van der Waals surface area contributed by atoms with Crippen molar-refractivity contribution in [3.8, 4) is 0 Å². The molecule has 6 nitrogen and oxygen atoms in total. The Labute approximate surface area is 162 Å². The van der Waals surface area contributed by atoms with E-state index in [0.29, 0.717) is 17.4 Å². The number of hydrogen-bond acceptors (Lipinski definition) is 3. The molecule has 0 aliphatic carbocycles. The van der Waals surface area contributed by atoms with Crippen molar-refractivity contribution in [3.63, 3.8) is 0 Å². The van der Waals surface area contributed by atoms with Crippen LogP contribution in [-0.2, 0) is 16.1 Å². The highest BCUT2D eigenvalue weighted by atomic mass is 16.2. The van der Waals surface area contributed by atoms with E-state index < -0.39 is 0 Å². The van der Waals surface area contributed by atoms with Crippen LogP contribution >= 0.6 is 0 Å². The number of nitrogens with one attached hydrogen (secondary N) is 1. The van der Waals surface area contributed by atoms with E-state index in [1.165, 1.54) is 6.07 Å². The monoisotopic (exact) mass is 375 g/mol. The van der Waals surface area contributed by atoms with E-state index in [2.05, 4.69) is 5.32 Å². The highest BCUT2D eigenvalue weighted by Gasteiger charge is 2.31. The van der Waals surface area contributed by atoms with Gasteiger partial charge in [-0.3, -0.25) is 14.4 Å². The van der Waals surface area contributed by atoms with Crippen LogP contribution < -0.4 is 15.6 Å². The van der Waals surface area contributed by atoms with Gasteiger partial charge in [-0.25, -0.2) is 0 Å². The molecule has 2 amide bonds. The number of fused-ring (bicyclic) bond motifs is 1. The molecule has 0 spiro atoms. The zero-order chi connectivity index (χ0) is 19.7. The van der Waals surface area contributed by atoms with Crippen LogP contribution in [0.1, 0.15) is 12.0 Å². The summed E-state index contributed by atoms with van der Waals surface area (Å²) in [5, 5.41) is 3.53. The van der Waals surface area contributed by atoms with Crippen molar-refractivity contribution in [1.29, 1.82) is 0 Å². The second-order valence-electron chi connectivity index (χ2n) is 7.14. The maximum atomic E-state index is 12.6. The normalized spacial score (nSPS) is 16.5. The molecule has 1 saturated heterocycles. The Hall–Kier alpha value is -3.41. The van der Waals surface area contributed by atoms with E-state index in [4.69, 9.17) is 0 Å². The van der Waals surface area contributed by atoms with Gasteiger partial charge >= 0.3 is 0 Å². The molecule has 6 heteroatoms. The quantitative estimate of drug-likeness (QED) is 0.760. The molecule has 142 valence electrons. The molecule has 3 aromatic rings. The number of anilines is 1. The second-order valence-corrected chi connectivity index (χ2v) is 7.14. The van der Waals surface area contributed by atoms with E-state index in [0.717, 1.165) is 11.3 Å². The molecular formula is C22H21N3O3. The summed E-state index contributed by atoms with van der Waals surface area (Å²) in [6.07, 6.45) is 1.91. The minimum absolute atomic E-state index is 0.00436. The Balaban J connectivity index is 1.46. The summed E-state index contributed by atoms with van der Waals surface area (Å²) in [5.41, 5.74) is 2.59. The molecule has 2 aromatic carbocycles. The number of rotatable bonds is 4. The molecule has 0 radical (unpaired) electrons. The highest BCUT2D eigenvalue weighted by Crippen LogP contribution is 2.22. The van der Waals surface area contributed by atoms with Gasteiger partial charge in [0.05, 0.1) is 11.6 Å². The third-order valence-corrected chi connectivity index (χ3v) is 5.00. The van der Waals surface area contributed by atoms with Gasteiger partial charge in [-0.05, 0) is 36.8 Å². The fourth-order valence-corrected chi connectivity index (χ4v) is 3.68. The van der Waals surface area contributed by atoms with E-state index in [1.54, 1.807) is 27.8 Å². The fraction of sp³-hybridized carbons (Fsp3) is 0.227. The third kappa shape index (κ3) is 3.53. The van der Waals surface area contributed by atoms with Crippen LogP contribution in [0.5, 0.6) is 0 Å². The Morgan fingerprint density at radius 1 is 1.11 bits per heavy atom. The molecule has 1 aromatic heterocycles. The number of carbonyl (C=O) groups excluding carboxylic acids is 2. The topological polar surface area (TPSA) is 71.4 Å². The molecule has 0 saturated carbocycles. The van der Waals surface area contributed by atoms with Crippen LogP contribution in [0.4, 0.5) is 5.69 Å². The number of nitrogens with zero attached hydrogens (tertiary/aromatic N) is 2. The number of amides is 2. The number of benzene rings is 2. The van der Waals surface area contributed by atoms with Crippen LogP contribution in [0.2, 0.25) is 0 Å². The molecule has 1 aliphatic rings. The lowest BCUT2D eigenvalue weighted by atomic mass is 10.2. The minimum Gasteiger partial charge on any atom is -0.349 e. The number of hydrogen-bond donors (Lipinski definition) is 1. The molecule has 1 atom stereocenters. The Bertz CT molecular complexity index is 1120. The average molecular weight is 375 g/mol. The number of para-hydroxylation sites is 1. The first-order valence-electron chi connectivity index (χ1n) is 9.26. The van der Waals surface area contributed by atoms with Gasteiger partial charge in [0.2, 0.25) is 11.8 Å². The van der Waals surface area contributed by atoms with Crippen molar-refractivity contribution in [2.24, 2.45) is 0 Å². The summed E-state index contributed by atoms with van der Waals surface area (Å²) in [4.78, 5) is 38.6. The first-order chi connectivity index (χ1) is 13.5. The van der Waals surface area contributed by atoms with E-state index in [9.17, 15) is 14.4 Å². The van der Waals surface area contributed by atoms with Gasteiger partial charge in [0.25, 0.3) is 0 Å². The summed E-state index contributed by atoms with van der Waals surface area (Å²) in [6.45, 7) is 2.53. The molecule has 1 N–H and O–H groups in total. The van der Waals surface area contributed by atoms with Crippen molar-refractivity contribution in [1.82, 2.24) is 9.88 Å². The van der Waals surface area contributed by atoms with Crippen molar-refractivity contribution < 1.29 is 9.59 Å². The lowest BCUT2D eigenvalue weighted by Gasteiger charge is -2.18. The SMILES string of the molecule is Cc1cccc(N2C[C@H](NC(=O)Cn3ccc(=O)c4ccccc43)CC2=O)c1. The predicted molar refractivity (Wildman–Crippen MR) is 108 cm³/mol. The predicted octanol–water partition coefficient (Wildman–Crippen LogP) is 2.23. The fourth-order valence-electron chi connectivity index (χ4n) is 3.68. The number of aromatic nitrogens is 1. The summed E-state index contributed by atoms with van der Waals surface area (Å²) in [7, 11) is 0. The Kier molecular flexibility index (Phi) is 4.69. The Morgan fingerprint density at radius 2 is 1.93 bits per heavy atom. The molecule has 1 fully saturated rings. The van der Waals surface area contributed by atoms with Crippen LogP contribution in [0.15, 0.2) is 65.6 Å². The molecule has 2 heterocycles. The van der Waals surface area contributed by atoms with Gasteiger partial charge < -0.3 is 14.8 Å². The molecule has 0 bridgehead atoms. The first kappa shape index (κ1) is 18.0. The lowest BCUT2D eigenvalue weighted by Crippen LogP contribution is -2.39. The lowest BCUT2D eigenvalue weighted by molar-refractivity contribution is -0.122. The third-order valence-electron chi connectivity index (χ3n) is 5.00. The van der Waals surface area contributed by atoms with Gasteiger partial charge in [-0.15, -0.1) is 0 Å². The maximum absolute atomic E-state index is 12.6. The van der Waals surface area contributed by atoms with Crippen molar-refractivity contribution in [3.05, 3.63) is 76.6 Å². The van der Waals surface area contributed by atoms with Crippen LogP contribution in [0.25, 0.3) is 10.9 Å². The second kappa shape index (κ2) is 7.31. The summed E-state index contributed by atoms with van der Waals surface area (Å²) < 4.78 is 1.75. The highest BCUT2D eigenvalue weighted by molar-refractivity contribution is 5.97. The van der Waals surface area contributed by atoms with Gasteiger partial charge in [-0.2, -0.15) is 0 Å². The van der Waals surface area contributed by atoms with Gasteiger partial charge in [0, 0.05) is 36.3 Å². The van der Waals surface area contributed by atoms with E-state index in [-0.39, 0.29) is 36.3 Å². The molecule has 28 heavy (non-hydrogen) atoms. The number of carbonyl (C=O) groups is 2. The Morgan fingerprint density at radius 3 is 2.75 bits per heavy atom. The van der Waals surface area contributed by atoms with Crippen molar-refractivity contribution in [2.75, 3.05) is 11.4 Å². The van der Waals surface area contributed by atoms with E-state index in [1.807, 2.05) is 43.3 Å². The summed E-state index contributed by atoms with van der Waals surface area (Å²) in [5.74, 6) is -0.178. The zero-order valence-corrected chi connectivity index (χ0v) is 15.6. The van der Waals surface area contributed by atoms with Gasteiger partial charge in [-0.1, -0.05) is 24.3 Å². The minimum atomic E-state index is -0.230. The standard InChI is InChI=1S/C22H21N3O3/c1-15-5-4-6-17(11-15)25-13-16(12-22(25)28)23-21(27)14-24-10-9-20(26)18-7-2-3-8-19(18)24/h2-11,16H,12-14H2,1H3,(H,23,27)/t16-/m1/s1. The summed E-state index contributed by atoms with van der Waals surface area (Å²) >= 11 is 0. The van der Waals surface area contributed by atoms with Crippen molar-refractivity contribution >= 4 is 28.4 Å². The maximum Gasteiger partial charge on any atom is 0.240 e.